The average Bonchev–Trinajstić information content (AvgIpc) is 3.37. The second kappa shape index (κ2) is 25.7. The van der Waals surface area contributed by atoms with E-state index in [2.05, 4.69) is 0 Å². The number of carbonyl (C=O) groups is 3. The second-order valence-corrected chi connectivity index (χ2v) is 17.9. The van der Waals surface area contributed by atoms with Crippen LogP contribution in [0, 0.1) is 5.92 Å². The first-order chi connectivity index (χ1) is 34.4. The number of hydrogen-bond acceptors (Lipinski definition) is 23. The molecule has 3 aromatic rings. The maximum Gasteiger partial charge on any atom is 0.339 e. The summed E-state index contributed by atoms with van der Waals surface area (Å²) in [6, 6.07) is 20.3. The average molecular weight is 1020 g/mol. The van der Waals surface area contributed by atoms with Gasteiger partial charge in [-0.15, -0.1) is 0 Å². The van der Waals surface area contributed by atoms with Crippen molar-refractivity contribution in [1.82, 2.24) is 0 Å². The maximum absolute atomic E-state index is 14.5. The van der Waals surface area contributed by atoms with Crippen molar-refractivity contribution in [1.29, 1.82) is 0 Å². The number of aliphatic hydroxyl groups is 11. The third kappa shape index (κ3) is 14.1. The van der Waals surface area contributed by atoms with E-state index in [9.17, 15) is 70.6 Å². The van der Waals surface area contributed by atoms with Crippen molar-refractivity contribution in [3.63, 3.8) is 0 Å². The molecule has 3 saturated heterocycles. The van der Waals surface area contributed by atoms with Crippen LogP contribution in [-0.2, 0) is 60.8 Å². The molecule has 16 atom stereocenters. The summed E-state index contributed by atoms with van der Waals surface area (Å²) in [6.07, 6.45) is -22.9. The molecule has 3 aliphatic heterocycles. The molecule has 23 heteroatoms. The van der Waals surface area contributed by atoms with Gasteiger partial charge in [-0.25, -0.2) is 9.59 Å². The van der Waals surface area contributed by atoms with Gasteiger partial charge in [0.25, 0.3) is 0 Å². The van der Waals surface area contributed by atoms with Crippen LogP contribution in [0.5, 0.6) is 11.5 Å². The largest absolute Gasteiger partial charge is 0.462 e. The molecule has 72 heavy (non-hydrogen) atoms. The van der Waals surface area contributed by atoms with Gasteiger partial charge in [0, 0.05) is 6.08 Å². The van der Waals surface area contributed by atoms with Gasteiger partial charge < -0.3 is 98.8 Å². The minimum atomic E-state index is -2.33. The highest BCUT2D eigenvalue weighted by Gasteiger charge is 2.54. The summed E-state index contributed by atoms with van der Waals surface area (Å²) >= 11 is 0. The van der Waals surface area contributed by atoms with Crippen LogP contribution in [0.4, 0.5) is 0 Å². The molecule has 0 spiro atoms. The summed E-state index contributed by atoms with van der Waals surface area (Å²) in [4.78, 5) is 41.2. The van der Waals surface area contributed by atoms with Gasteiger partial charge in [0.2, 0.25) is 12.6 Å². The highest BCUT2D eigenvalue weighted by Crippen LogP contribution is 2.35. The number of hydrogen-bond donors (Lipinski definition) is 11. The number of benzene rings is 3. The van der Waals surface area contributed by atoms with E-state index in [0.29, 0.717) is 16.7 Å². The molecule has 3 aliphatic rings. The zero-order valence-electron chi connectivity index (χ0n) is 39.2. The first-order valence-electron chi connectivity index (χ1n) is 23.1. The van der Waals surface area contributed by atoms with Crippen molar-refractivity contribution < 1.29 is 113 Å². The van der Waals surface area contributed by atoms with Crippen LogP contribution >= 0.6 is 0 Å². The van der Waals surface area contributed by atoms with E-state index in [0.717, 1.165) is 6.08 Å². The maximum atomic E-state index is 14.5. The third-order valence-electron chi connectivity index (χ3n) is 12.0. The highest BCUT2D eigenvalue weighted by molar-refractivity contribution is 5.87. The van der Waals surface area contributed by atoms with E-state index < -0.39 is 154 Å². The van der Waals surface area contributed by atoms with E-state index in [1.165, 1.54) is 54.6 Å². The molecule has 396 valence electrons. The number of ether oxygens (including phenoxy) is 9. The molecule has 0 radical (unpaired) electrons. The molecule has 23 nitrogen and oxygen atoms in total. The lowest BCUT2D eigenvalue weighted by Crippen LogP contribution is -2.63. The van der Waals surface area contributed by atoms with Crippen molar-refractivity contribution in [2.75, 3.05) is 19.8 Å². The smallest absolute Gasteiger partial charge is 0.339 e. The quantitative estimate of drug-likeness (QED) is 0.0315. The van der Waals surface area contributed by atoms with Crippen LogP contribution in [0.25, 0.3) is 6.08 Å². The van der Waals surface area contributed by atoms with Crippen molar-refractivity contribution in [3.05, 3.63) is 102 Å². The minimum Gasteiger partial charge on any atom is -0.462 e. The topological polar surface area (TPSA) is 357 Å². The van der Waals surface area contributed by atoms with Crippen molar-refractivity contribution in [3.8, 4) is 11.5 Å². The highest BCUT2D eigenvalue weighted by atomic mass is 16.7. The summed E-state index contributed by atoms with van der Waals surface area (Å²) in [6.45, 7) is 0.375. The molecule has 3 heterocycles. The van der Waals surface area contributed by atoms with Gasteiger partial charge in [0.1, 0.15) is 91.9 Å². The Balaban J connectivity index is 1.18. The molecular weight excluding hydrogens is 957 g/mol. The van der Waals surface area contributed by atoms with Crippen molar-refractivity contribution in [2.45, 2.75) is 138 Å². The lowest BCUT2D eigenvalue weighted by molar-refractivity contribution is -0.327. The van der Waals surface area contributed by atoms with Crippen LogP contribution in [0.3, 0.4) is 0 Å². The second-order valence-electron chi connectivity index (χ2n) is 17.9. The van der Waals surface area contributed by atoms with Gasteiger partial charge in [0.15, 0.2) is 18.0 Å². The third-order valence-corrected chi connectivity index (χ3v) is 12.0. The Morgan fingerprint density at radius 1 is 0.583 bits per heavy atom. The summed E-state index contributed by atoms with van der Waals surface area (Å²) in [5.41, 5.74) is -0.904. The fourth-order valence-electron chi connectivity index (χ4n) is 8.10. The van der Waals surface area contributed by atoms with Crippen molar-refractivity contribution in [2.24, 2.45) is 5.92 Å². The Morgan fingerprint density at radius 3 is 1.54 bits per heavy atom. The monoisotopic (exact) mass is 1020 g/mol. The lowest BCUT2D eigenvalue weighted by Gasteiger charge is -2.44. The zero-order chi connectivity index (χ0) is 52.3. The Hall–Kier alpha value is -5.19. The van der Waals surface area contributed by atoms with E-state index in [-0.39, 0.29) is 24.5 Å². The number of carbonyl (C=O) groups excluding carboxylic acids is 3. The van der Waals surface area contributed by atoms with Gasteiger partial charge in [-0.2, -0.15) is 0 Å². The van der Waals surface area contributed by atoms with Crippen molar-refractivity contribution >= 4 is 24.0 Å². The summed E-state index contributed by atoms with van der Waals surface area (Å²) in [5, 5.41) is 113. The number of esters is 3. The molecular formula is C49H62O23. The van der Waals surface area contributed by atoms with Gasteiger partial charge >= 0.3 is 17.9 Å². The Morgan fingerprint density at radius 2 is 1.06 bits per heavy atom. The Bertz CT molecular complexity index is 2210. The van der Waals surface area contributed by atoms with Crippen LogP contribution in [0.2, 0.25) is 0 Å². The molecule has 0 amide bonds. The molecule has 3 aromatic carbocycles. The fraction of sp³-hybridized carbons (Fsp3) is 0.531. The molecule has 11 N–H and O–H groups in total. The predicted octanol–water partition coefficient (Wildman–Crippen LogP) is -1.91. The lowest BCUT2D eigenvalue weighted by atomic mass is 9.88. The Kier molecular flexibility index (Phi) is 20.0. The molecule has 0 aromatic heterocycles. The first-order valence-corrected chi connectivity index (χ1v) is 23.1. The normalized spacial score (nSPS) is 31.6. The summed E-state index contributed by atoms with van der Waals surface area (Å²) < 4.78 is 50.9. The van der Waals surface area contributed by atoms with Gasteiger partial charge in [0.05, 0.1) is 26.2 Å². The van der Waals surface area contributed by atoms with Crippen LogP contribution in [0.1, 0.15) is 43.4 Å². The molecule has 0 aliphatic carbocycles. The molecule has 0 bridgehead atoms. The van der Waals surface area contributed by atoms with E-state index >= 15 is 0 Å². The molecule has 0 saturated carbocycles. The van der Waals surface area contributed by atoms with Crippen LogP contribution in [0.15, 0.2) is 84.9 Å². The van der Waals surface area contributed by atoms with Gasteiger partial charge in [-0.1, -0.05) is 68.4 Å². The molecule has 3 fully saturated rings. The van der Waals surface area contributed by atoms with Gasteiger partial charge in [-0.3, -0.25) is 4.79 Å². The fourth-order valence-corrected chi connectivity index (χ4v) is 8.10. The van der Waals surface area contributed by atoms with Crippen LogP contribution < -0.4 is 9.47 Å². The minimum absolute atomic E-state index is 0.113. The number of rotatable bonds is 21. The standard InChI is InChI=1S/C49H62O23/c1-25(2)18-49(48(63)65-24-28-10-15-30(16-11-28)67-46-42(61)39(58)37(56)32(21-51)69-46,72-47-43(62)40(59)44(33(22-52)70-47)71-34(53)17-12-26-6-4-3-5-7-26)19-35(54)64-23-27-8-13-29(14-9-27)66-45-41(60)38(57)36(55)31(20-50)68-45/h3-17,25,31-33,36-47,50-52,55-62H,18-24H2,1-2H3/t31-,32-,33-,36-,37-,38+,39+,40-,41-,42-,43-,44-,45-,46-,47+,49-/m1/s1. The predicted molar refractivity (Wildman–Crippen MR) is 242 cm³/mol. The Labute approximate surface area is 412 Å². The summed E-state index contributed by atoms with van der Waals surface area (Å²) in [5.74, 6) is -3.29. The van der Waals surface area contributed by atoms with Crippen LogP contribution in [-0.4, -0.2) is 192 Å². The van der Waals surface area contributed by atoms with E-state index in [1.807, 2.05) is 0 Å². The first kappa shape index (κ1) is 56.1. The van der Waals surface area contributed by atoms with E-state index in [4.69, 9.17) is 42.6 Å². The molecule has 6 rings (SSSR count). The summed E-state index contributed by atoms with van der Waals surface area (Å²) in [7, 11) is 0. The molecule has 0 unspecified atom stereocenters. The van der Waals surface area contributed by atoms with E-state index in [1.54, 1.807) is 44.2 Å². The number of aliphatic hydroxyl groups excluding tert-OH is 11. The zero-order valence-corrected chi connectivity index (χ0v) is 39.2. The van der Waals surface area contributed by atoms with Gasteiger partial charge in [-0.05, 0) is 59.4 Å². The SMILES string of the molecule is CC(C)C[C@](CC(=O)OCc1ccc(O[C@@H]2O[C@H](CO)[C@@H](O)[C@H](O)[C@H]2O)cc1)(O[C@@H]1O[C@H](CO)[C@@H](OC(=O)C=Cc2ccccc2)[C@H](O)[C@H]1O)C(=O)OCc1ccc(O[C@@H]2O[C@H](CO)[C@@H](O)[C@H](O)[C@H]2O)cc1.